The quantitative estimate of drug-likeness (QED) is 0.855. The first-order chi connectivity index (χ1) is 9.10. The van der Waals surface area contributed by atoms with Crippen LogP contribution < -0.4 is 5.32 Å². The van der Waals surface area contributed by atoms with E-state index in [9.17, 15) is 4.79 Å². The average Bonchev–Trinajstić information content (AvgIpc) is 2.77. The molecule has 2 N–H and O–H groups in total. The van der Waals surface area contributed by atoms with Gasteiger partial charge < -0.3 is 10.4 Å². The van der Waals surface area contributed by atoms with E-state index in [1.165, 1.54) is 6.20 Å². The highest BCUT2D eigenvalue weighted by Crippen LogP contribution is 2.14. The number of aryl methyl sites for hydroxylation is 2. The third-order valence-electron chi connectivity index (χ3n) is 2.77. The minimum Gasteiger partial charge on any atom is -0.478 e. The summed E-state index contributed by atoms with van der Waals surface area (Å²) in [5.41, 5.74) is 2.97. The summed E-state index contributed by atoms with van der Waals surface area (Å²) in [6.45, 7) is 2.59. The van der Waals surface area contributed by atoms with Crippen LogP contribution in [0.4, 0.5) is 5.69 Å². The zero-order valence-electron chi connectivity index (χ0n) is 10.9. The van der Waals surface area contributed by atoms with E-state index in [1.807, 2.05) is 20.2 Å². The van der Waals surface area contributed by atoms with E-state index in [-0.39, 0.29) is 5.56 Å². The standard InChI is InChI=1S/C13H16N4O2/c1-3-11-12(8-17(2)16-11)15-7-10-5-4-9(6-14-10)13(18)19/h4-6,8,15H,3,7H2,1-2H3,(H,18,19). The molecule has 0 radical (unpaired) electrons. The molecule has 0 aliphatic heterocycles. The van der Waals surface area contributed by atoms with E-state index in [0.29, 0.717) is 6.54 Å². The summed E-state index contributed by atoms with van der Waals surface area (Å²) in [5.74, 6) is -0.965. The molecule has 2 aromatic rings. The summed E-state index contributed by atoms with van der Waals surface area (Å²) in [5, 5.41) is 16.4. The number of carboxylic acid groups (broad SMARTS) is 1. The molecule has 19 heavy (non-hydrogen) atoms. The minimum absolute atomic E-state index is 0.194. The van der Waals surface area contributed by atoms with Crippen molar-refractivity contribution in [3.05, 3.63) is 41.5 Å². The minimum atomic E-state index is -0.965. The molecule has 0 spiro atoms. The number of hydrogen-bond donors (Lipinski definition) is 2. The first-order valence-corrected chi connectivity index (χ1v) is 6.04. The van der Waals surface area contributed by atoms with E-state index >= 15 is 0 Å². The van der Waals surface area contributed by atoms with Crippen LogP contribution in [0.25, 0.3) is 0 Å². The second kappa shape index (κ2) is 5.51. The molecule has 0 atom stereocenters. The predicted molar refractivity (Wildman–Crippen MR) is 71.1 cm³/mol. The van der Waals surface area contributed by atoms with Gasteiger partial charge in [0.25, 0.3) is 0 Å². The van der Waals surface area contributed by atoms with Crippen molar-refractivity contribution < 1.29 is 9.90 Å². The molecule has 0 fully saturated rings. The molecule has 0 aliphatic rings. The van der Waals surface area contributed by atoms with Gasteiger partial charge in [-0.25, -0.2) is 4.79 Å². The summed E-state index contributed by atoms with van der Waals surface area (Å²) in [6, 6.07) is 3.26. The summed E-state index contributed by atoms with van der Waals surface area (Å²) in [4.78, 5) is 14.8. The Morgan fingerprint density at radius 3 is 2.84 bits per heavy atom. The Hall–Kier alpha value is -2.37. The van der Waals surface area contributed by atoms with Crippen LogP contribution in [0.2, 0.25) is 0 Å². The van der Waals surface area contributed by atoms with Gasteiger partial charge in [-0.1, -0.05) is 6.92 Å². The number of aromatic nitrogens is 3. The van der Waals surface area contributed by atoms with Crippen molar-refractivity contribution in [1.82, 2.24) is 14.8 Å². The van der Waals surface area contributed by atoms with Gasteiger partial charge in [-0.3, -0.25) is 9.67 Å². The topological polar surface area (TPSA) is 80.0 Å². The Labute approximate surface area is 111 Å². The monoisotopic (exact) mass is 260 g/mol. The van der Waals surface area contributed by atoms with Gasteiger partial charge in [0.05, 0.1) is 29.2 Å². The molecule has 0 aromatic carbocycles. The maximum Gasteiger partial charge on any atom is 0.337 e. The fourth-order valence-electron chi connectivity index (χ4n) is 1.78. The third-order valence-corrected chi connectivity index (χ3v) is 2.77. The molecule has 2 rings (SSSR count). The van der Waals surface area contributed by atoms with Gasteiger partial charge in [0, 0.05) is 19.4 Å². The zero-order valence-corrected chi connectivity index (χ0v) is 10.9. The lowest BCUT2D eigenvalue weighted by Gasteiger charge is -2.05. The zero-order chi connectivity index (χ0) is 13.8. The van der Waals surface area contributed by atoms with Crippen LogP contribution in [0.3, 0.4) is 0 Å². The van der Waals surface area contributed by atoms with E-state index in [2.05, 4.69) is 15.4 Å². The lowest BCUT2D eigenvalue weighted by Crippen LogP contribution is -2.04. The van der Waals surface area contributed by atoms with Crippen LogP contribution in [0, 0.1) is 0 Å². The molecule has 2 aromatic heterocycles. The van der Waals surface area contributed by atoms with E-state index < -0.39 is 5.97 Å². The Balaban J connectivity index is 2.03. The average molecular weight is 260 g/mol. The van der Waals surface area contributed by atoms with Crippen molar-refractivity contribution in [3.8, 4) is 0 Å². The van der Waals surface area contributed by atoms with Crippen LogP contribution in [0.1, 0.15) is 28.7 Å². The third kappa shape index (κ3) is 3.09. The lowest BCUT2D eigenvalue weighted by molar-refractivity contribution is 0.0696. The first-order valence-electron chi connectivity index (χ1n) is 6.04. The number of nitrogens with zero attached hydrogens (tertiary/aromatic N) is 3. The van der Waals surface area contributed by atoms with Crippen molar-refractivity contribution in [2.75, 3.05) is 5.32 Å². The van der Waals surface area contributed by atoms with Crippen LogP contribution >= 0.6 is 0 Å². The van der Waals surface area contributed by atoms with E-state index in [1.54, 1.807) is 16.8 Å². The molecule has 100 valence electrons. The van der Waals surface area contributed by atoms with E-state index in [0.717, 1.165) is 23.5 Å². The highest BCUT2D eigenvalue weighted by Gasteiger charge is 2.06. The van der Waals surface area contributed by atoms with Crippen molar-refractivity contribution in [3.63, 3.8) is 0 Å². The number of hydrogen-bond acceptors (Lipinski definition) is 4. The van der Waals surface area contributed by atoms with Gasteiger partial charge in [-0.15, -0.1) is 0 Å². The van der Waals surface area contributed by atoms with Crippen molar-refractivity contribution in [2.45, 2.75) is 19.9 Å². The Morgan fingerprint density at radius 1 is 1.47 bits per heavy atom. The molecule has 6 heteroatoms. The molecule has 0 amide bonds. The molecule has 2 heterocycles. The Bertz CT molecular complexity index is 575. The van der Waals surface area contributed by atoms with Crippen LogP contribution in [-0.4, -0.2) is 25.8 Å². The summed E-state index contributed by atoms with van der Waals surface area (Å²) >= 11 is 0. The molecular formula is C13H16N4O2. The van der Waals surface area contributed by atoms with Crippen LogP contribution in [-0.2, 0) is 20.0 Å². The SMILES string of the molecule is CCc1nn(C)cc1NCc1ccc(C(=O)O)cn1. The van der Waals surface area contributed by atoms with Gasteiger partial charge in [0.1, 0.15) is 0 Å². The molecule has 6 nitrogen and oxygen atoms in total. The maximum absolute atomic E-state index is 10.7. The Morgan fingerprint density at radius 2 is 2.26 bits per heavy atom. The summed E-state index contributed by atoms with van der Waals surface area (Å²) in [6.07, 6.45) is 4.14. The van der Waals surface area contributed by atoms with Crippen molar-refractivity contribution >= 4 is 11.7 Å². The molecule has 0 saturated heterocycles. The second-order valence-corrected chi connectivity index (χ2v) is 4.21. The normalized spacial score (nSPS) is 10.4. The summed E-state index contributed by atoms with van der Waals surface area (Å²) in [7, 11) is 1.88. The highest BCUT2D eigenvalue weighted by atomic mass is 16.4. The number of carbonyl (C=O) groups is 1. The van der Waals surface area contributed by atoms with E-state index in [4.69, 9.17) is 5.11 Å². The number of nitrogens with one attached hydrogen (secondary N) is 1. The fourth-order valence-corrected chi connectivity index (χ4v) is 1.78. The lowest BCUT2D eigenvalue weighted by atomic mass is 10.2. The predicted octanol–water partition coefficient (Wildman–Crippen LogP) is 1.69. The van der Waals surface area contributed by atoms with Crippen molar-refractivity contribution in [1.29, 1.82) is 0 Å². The second-order valence-electron chi connectivity index (χ2n) is 4.21. The van der Waals surface area contributed by atoms with Gasteiger partial charge in [-0.2, -0.15) is 5.10 Å². The van der Waals surface area contributed by atoms with Gasteiger partial charge in [0.2, 0.25) is 0 Å². The fraction of sp³-hybridized carbons (Fsp3) is 0.308. The van der Waals surface area contributed by atoms with Crippen LogP contribution in [0.5, 0.6) is 0 Å². The number of anilines is 1. The number of aromatic carboxylic acids is 1. The first kappa shape index (κ1) is 13.1. The molecule has 0 saturated carbocycles. The summed E-state index contributed by atoms with van der Waals surface area (Å²) < 4.78 is 1.77. The highest BCUT2D eigenvalue weighted by molar-refractivity contribution is 5.87. The number of carboxylic acids is 1. The molecule has 0 bridgehead atoms. The largest absolute Gasteiger partial charge is 0.478 e. The number of rotatable bonds is 5. The van der Waals surface area contributed by atoms with Gasteiger partial charge in [-0.05, 0) is 18.6 Å². The van der Waals surface area contributed by atoms with Crippen LogP contribution in [0.15, 0.2) is 24.5 Å². The maximum atomic E-state index is 10.7. The smallest absolute Gasteiger partial charge is 0.337 e. The van der Waals surface area contributed by atoms with Crippen molar-refractivity contribution in [2.24, 2.45) is 7.05 Å². The molecule has 0 aliphatic carbocycles. The van der Waals surface area contributed by atoms with Gasteiger partial charge >= 0.3 is 5.97 Å². The molecule has 0 unspecified atom stereocenters. The molecular weight excluding hydrogens is 244 g/mol. The van der Waals surface area contributed by atoms with Gasteiger partial charge in [0.15, 0.2) is 0 Å². The number of pyridine rings is 1. The Kier molecular flexibility index (Phi) is 3.79.